The van der Waals surface area contributed by atoms with Gasteiger partial charge in [-0.15, -0.1) is 0 Å². The largest absolute Gasteiger partial charge is 0.0872 e. The van der Waals surface area contributed by atoms with Crippen molar-refractivity contribution >= 4 is 0 Å². The molecule has 0 aromatic rings. The fourth-order valence-corrected chi connectivity index (χ4v) is 0.730. The van der Waals surface area contributed by atoms with E-state index in [4.69, 9.17) is 0 Å². The quantitative estimate of drug-likeness (QED) is 0.388. The zero-order valence-electron chi connectivity index (χ0n) is 6.28. The highest BCUT2D eigenvalue weighted by molar-refractivity contribution is 4.56. The molecule has 0 atom stereocenters. The van der Waals surface area contributed by atoms with Gasteiger partial charge >= 0.3 is 0 Å². The molecule has 0 bridgehead atoms. The van der Waals surface area contributed by atoms with Crippen LogP contribution in [0.2, 0.25) is 0 Å². The van der Waals surface area contributed by atoms with Gasteiger partial charge in [0.1, 0.15) is 0 Å². The first-order valence-corrected chi connectivity index (χ1v) is 3.55. The Hall–Kier alpha value is -0.130. The molecule has 0 aromatic carbocycles. The van der Waals surface area contributed by atoms with E-state index < -0.39 is 0 Å². The second kappa shape index (κ2) is 5.02. The Morgan fingerprint density at radius 1 is 1.38 bits per heavy atom. The van der Waals surface area contributed by atoms with E-state index in [1.165, 1.54) is 19.3 Å². The predicted octanol–water partition coefficient (Wildman–Crippen LogP) is 3.04. The zero-order chi connectivity index (χ0) is 6.41. The lowest BCUT2D eigenvalue weighted by molar-refractivity contribution is 0.553. The van der Waals surface area contributed by atoms with E-state index in [-0.39, 0.29) is 0 Å². The van der Waals surface area contributed by atoms with Crippen LogP contribution in [0.25, 0.3) is 0 Å². The third-order valence-corrected chi connectivity index (χ3v) is 1.27. The standard InChI is InChI=1S/C8H17/c1-4-5-6-7-8(2)3/h4,8H,5-7H2,1-3H3/q+1. The Labute approximate surface area is 53.3 Å². The van der Waals surface area contributed by atoms with Crippen molar-refractivity contribution in [3.63, 3.8) is 0 Å². The molecular formula is C8H17+. The molecule has 0 heteroatoms. The van der Waals surface area contributed by atoms with Gasteiger partial charge in [0, 0.05) is 0 Å². The average Bonchev–Trinajstić information content (AvgIpc) is 1.66. The molecule has 48 valence electrons. The van der Waals surface area contributed by atoms with Gasteiger partial charge in [-0.2, -0.15) is 0 Å². The van der Waals surface area contributed by atoms with Gasteiger partial charge in [0.25, 0.3) is 0 Å². The zero-order valence-corrected chi connectivity index (χ0v) is 6.28. The molecular weight excluding hydrogens is 96.1 g/mol. The van der Waals surface area contributed by atoms with E-state index in [0.717, 1.165) is 5.92 Å². The van der Waals surface area contributed by atoms with Gasteiger partial charge < -0.3 is 0 Å². The van der Waals surface area contributed by atoms with Crippen molar-refractivity contribution in [2.75, 3.05) is 0 Å². The second-order valence-electron chi connectivity index (χ2n) is 2.73. The molecule has 0 aliphatic rings. The highest BCUT2D eigenvalue weighted by Crippen LogP contribution is 2.06. The van der Waals surface area contributed by atoms with Gasteiger partial charge in [0.05, 0.1) is 19.8 Å². The Kier molecular flexibility index (Phi) is 4.93. The summed E-state index contributed by atoms with van der Waals surface area (Å²) in [5.74, 6) is 0.884. The van der Waals surface area contributed by atoms with Crippen molar-refractivity contribution in [1.82, 2.24) is 0 Å². The van der Waals surface area contributed by atoms with E-state index in [1.54, 1.807) is 0 Å². The summed E-state index contributed by atoms with van der Waals surface area (Å²) in [7, 11) is 0. The molecule has 0 N–H and O–H groups in total. The van der Waals surface area contributed by atoms with Crippen molar-refractivity contribution in [2.24, 2.45) is 5.92 Å². The number of unbranched alkanes of at least 4 members (excludes halogenated alkanes) is 2. The van der Waals surface area contributed by atoms with Crippen molar-refractivity contribution in [3.05, 3.63) is 6.42 Å². The monoisotopic (exact) mass is 113 g/mol. The molecule has 0 amide bonds. The van der Waals surface area contributed by atoms with Crippen LogP contribution in [-0.4, -0.2) is 0 Å². The van der Waals surface area contributed by atoms with Crippen LogP contribution in [0.4, 0.5) is 0 Å². The Morgan fingerprint density at radius 3 is 2.38 bits per heavy atom. The van der Waals surface area contributed by atoms with E-state index in [2.05, 4.69) is 27.2 Å². The minimum absolute atomic E-state index is 0.884. The van der Waals surface area contributed by atoms with Crippen LogP contribution < -0.4 is 0 Å². The maximum atomic E-state index is 2.27. The number of hydrogen-bond acceptors (Lipinski definition) is 0. The lowest BCUT2D eigenvalue weighted by atomic mass is 10.1. The fourth-order valence-electron chi connectivity index (χ4n) is 0.730. The van der Waals surface area contributed by atoms with E-state index in [1.807, 2.05) is 0 Å². The van der Waals surface area contributed by atoms with Gasteiger partial charge in [0.2, 0.25) is 0 Å². The highest BCUT2D eigenvalue weighted by Gasteiger charge is 1.94. The van der Waals surface area contributed by atoms with Crippen LogP contribution in [0.1, 0.15) is 40.0 Å². The first kappa shape index (κ1) is 7.87. The van der Waals surface area contributed by atoms with Crippen LogP contribution in [0, 0.1) is 12.3 Å². The van der Waals surface area contributed by atoms with Gasteiger partial charge in [0.15, 0.2) is 0 Å². The molecule has 0 heterocycles. The summed E-state index contributed by atoms with van der Waals surface area (Å²) < 4.78 is 0. The van der Waals surface area contributed by atoms with Crippen molar-refractivity contribution in [2.45, 2.75) is 40.0 Å². The first-order valence-electron chi connectivity index (χ1n) is 3.55. The molecule has 8 heavy (non-hydrogen) atoms. The lowest BCUT2D eigenvalue weighted by Crippen LogP contribution is -1.85. The Morgan fingerprint density at radius 2 is 2.00 bits per heavy atom. The second-order valence-corrected chi connectivity index (χ2v) is 2.73. The summed E-state index contributed by atoms with van der Waals surface area (Å²) in [5.41, 5.74) is 0. The van der Waals surface area contributed by atoms with Crippen LogP contribution in [-0.2, 0) is 0 Å². The molecule has 0 nitrogen and oxygen atoms in total. The van der Waals surface area contributed by atoms with Crippen LogP contribution in [0.5, 0.6) is 0 Å². The first-order chi connectivity index (χ1) is 3.77. The minimum atomic E-state index is 0.884. The summed E-state index contributed by atoms with van der Waals surface area (Å²) in [6.07, 6.45) is 6.28. The third kappa shape index (κ3) is 5.87. The highest BCUT2D eigenvalue weighted by atomic mass is 14.0. The van der Waals surface area contributed by atoms with Crippen LogP contribution in [0.3, 0.4) is 0 Å². The molecule has 0 rings (SSSR count). The molecule has 0 aliphatic carbocycles. The summed E-state index contributed by atoms with van der Waals surface area (Å²) in [6.45, 7) is 6.67. The summed E-state index contributed by atoms with van der Waals surface area (Å²) in [4.78, 5) is 0. The topological polar surface area (TPSA) is 0 Å². The van der Waals surface area contributed by atoms with Crippen LogP contribution >= 0.6 is 0 Å². The minimum Gasteiger partial charge on any atom is -0.0628 e. The van der Waals surface area contributed by atoms with Gasteiger partial charge in [-0.1, -0.05) is 13.8 Å². The van der Waals surface area contributed by atoms with Crippen molar-refractivity contribution < 1.29 is 0 Å². The Balaban J connectivity index is 2.72. The molecule has 0 fully saturated rings. The summed E-state index contributed by atoms with van der Waals surface area (Å²) >= 11 is 0. The number of hydrogen-bond donors (Lipinski definition) is 0. The van der Waals surface area contributed by atoms with Gasteiger partial charge in [-0.3, -0.25) is 0 Å². The molecule has 0 spiro atoms. The molecule has 0 aliphatic heterocycles. The average molecular weight is 113 g/mol. The van der Waals surface area contributed by atoms with Crippen LogP contribution in [0.15, 0.2) is 0 Å². The molecule has 0 saturated heterocycles. The SMILES string of the molecule is C[CH+]CCCC(C)C. The number of rotatable bonds is 4. The maximum Gasteiger partial charge on any atom is 0.0872 e. The molecule has 0 saturated carbocycles. The predicted molar refractivity (Wildman–Crippen MR) is 38.7 cm³/mol. The van der Waals surface area contributed by atoms with Gasteiger partial charge in [-0.05, 0) is 18.8 Å². The van der Waals surface area contributed by atoms with E-state index in [9.17, 15) is 0 Å². The third-order valence-electron chi connectivity index (χ3n) is 1.27. The smallest absolute Gasteiger partial charge is 0.0628 e. The fraction of sp³-hybridized carbons (Fsp3) is 0.875. The lowest BCUT2D eigenvalue weighted by Gasteiger charge is -1.97. The summed E-state index contributed by atoms with van der Waals surface area (Å²) in [5, 5.41) is 0. The maximum absolute atomic E-state index is 2.27. The van der Waals surface area contributed by atoms with Crippen molar-refractivity contribution in [3.8, 4) is 0 Å². The molecule has 0 unspecified atom stereocenters. The Bertz CT molecular complexity index is 37.3. The molecule has 0 radical (unpaired) electrons. The van der Waals surface area contributed by atoms with Gasteiger partial charge in [-0.25, -0.2) is 0 Å². The normalized spacial score (nSPS) is 10.0. The van der Waals surface area contributed by atoms with Crippen molar-refractivity contribution in [1.29, 1.82) is 0 Å². The summed E-state index contributed by atoms with van der Waals surface area (Å²) in [6, 6.07) is 0. The van der Waals surface area contributed by atoms with E-state index in [0.29, 0.717) is 0 Å². The van der Waals surface area contributed by atoms with E-state index >= 15 is 0 Å². The molecule has 0 aromatic heterocycles.